The molecule has 2 saturated heterocycles. The molecule has 3 aliphatic rings. The minimum atomic E-state index is -2.99. The van der Waals surface area contributed by atoms with Crippen molar-refractivity contribution in [2.75, 3.05) is 33.4 Å². The summed E-state index contributed by atoms with van der Waals surface area (Å²) in [4.78, 5) is 2.55. The van der Waals surface area contributed by atoms with E-state index in [-0.39, 0.29) is 5.25 Å². The highest BCUT2D eigenvalue weighted by atomic mass is 32.2. The van der Waals surface area contributed by atoms with E-state index >= 15 is 0 Å². The molecule has 0 aromatic heterocycles. The summed E-state index contributed by atoms with van der Waals surface area (Å²) in [5, 5.41) is -0.0708. The van der Waals surface area contributed by atoms with Crippen LogP contribution in [0.1, 0.15) is 46.0 Å². The van der Waals surface area contributed by atoms with Crippen LogP contribution in [0.3, 0.4) is 0 Å². The molecule has 1 aliphatic carbocycles. The number of piperidine rings is 1. The van der Waals surface area contributed by atoms with Crippen LogP contribution in [0, 0.1) is 5.41 Å². The molecule has 128 valence electrons. The van der Waals surface area contributed by atoms with Crippen LogP contribution in [-0.4, -0.2) is 68.3 Å². The number of hydrogen-bond donors (Lipinski definition) is 0. The highest BCUT2D eigenvalue weighted by Crippen LogP contribution is 2.45. The van der Waals surface area contributed by atoms with Crippen LogP contribution >= 0.6 is 0 Å². The molecule has 0 N–H and O–H groups in total. The van der Waals surface area contributed by atoms with Crippen LogP contribution in [0.2, 0.25) is 0 Å². The maximum absolute atomic E-state index is 12.4. The van der Waals surface area contributed by atoms with E-state index in [0.29, 0.717) is 30.6 Å². The molecule has 0 bridgehead atoms. The molecule has 1 saturated carbocycles. The van der Waals surface area contributed by atoms with Crippen molar-refractivity contribution in [3.63, 3.8) is 0 Å². The lowest BCUT2D eigenvalue weighted by atomic mass is 9.77. The summed E-state index contributed by atoms with van der Waals surface area (Å²) in [6.45, 7) is 7.79. The predicted octanol–water partition coefficient (Wildman–Crippen LogP) is 1.69. The Morgan fingerprint density at radius 1 is 1.23 bits per heavy atom. The number of methoxy groups -OCH3 is 1. The third-order valence-electron chi connectivity index (χ3n) is 5.77. The normalized spacial score (nSPS) is 30.5. The Bertz CT molecular complexity index is 494. The van der Waals surface area contributed by atoms with E-state index in [1.54, 1.807) is 11.4 Å². The average Bonchev–Trinajstić information content (AvgIpc) is 3.26. The second-order valence-electron chi connectivity index (χ2n) is 7.72. The Kier molecular flexibility index (Phi) is 4.58. The van der Waals surface area contributed by atoms with Crippen molar-refractivity contribution in [1.82, 2.24) is 9.21 Å². The van der Waals surface area contributed by atoms with Crippen LogP contribution < -0.4 is 0 Å². The highest BCUT2D eigenvalue weighted by molar-refractivity contribution is 7.90. The molecule has 3 rings (SSSR count). The van der Waals surface area contributed by atoms with E-state index in [1.165, 1.54) is 0 Å². The number of ether oxygens (including phenoxy) is 1. The summed E-state index contributed by atoms with van der Waals surface area (Å²) >= 11 is 0. The van der Waals surface area contributed by atoms with Gasteiger partial charge in [0, 0.05) is 38.8 Å². The predicted molar refractivity (Wildman–Crippen MR) is 87.3 cm³/mol. The zero-order chi connectivity index (χ0) is 16.0. The molecular weight excluding hydrogens is 300 g/mol. The lowest BCUT2D eigenvalue weighted by Crippen LogP contribution is -2.45. The summed E-state index contributed by atoms with van der Waals surface area (Å²) in [6.07, 6.45) is 4.88. The molecule has 5 nitrogen and oxygen atoms in total. The maximum Gasteiger partial charge on any atom is 0.216 e. The fraction of sp³-hybridized carbons (Fsp3) is 1.00. The Labute approximate surface area is 135 Å². The van der Waals surface area contributed by atoms with E-state index in [0.717, 1.165) is 45.3 Å². The van der Waals surface area contributed by atoms with E-state index in [1.807, 2.05) is 0 Å². The molecule has 1 unspecified atom stereocenters. The first-order chi connectivity index (χ1) is 10.4. The quantitative estimate of drug-likeness (QED) is 0.770. The topological polar surface area (TPSA) is 49.9 Å². The second-order valence-corrected chi connectivity index (χ2v) is 9.94. The zero-order valence-corrected chi connectivity index (χ0v) is 14.9. The molecule has 2 heterocycles. The van der Waals surface area contributed by atoms with Gasteiger partial charge in [0.15, 0.2) is 0 Å². The Morgan fingerprint density at radius 2 is 1.86 bits per heavy atom. The SMILES string of the molecule is COCC1CC2(CCN(S(=O)(=O)C3CC3)CC2)CN1C(C)C. The van der Waals surface area contributed by atoms with Crippen LogP contribution in [-0.2, 0) is 14.8 Å². The van der Waals surface area contributed by atoms with Crippen molar-refractivity contribution >= 4 is 10.0 Å². The number of rotatable bonds is 5. The van der Waals surface area contributed by atoms with Gasteiger partial charge in [0.1, 0.15) is 0 Å². The second kappa shape index (κ2) is 6.04. The first-order valence-corrected chi connectivity index (χ1v) is 10.1. The van der Waals surface area contributed by atoms with Gasteiger partial charge in [-0.05, 0) is 51.4 Å². The maximum atomic E-state index is 12.4. The van der Waals surface area contributed by atoms with Crippen molar-refractivity contribution in [2.24, 2.45) is 5.41 Å². The van der Waals surface area contributed by atoms with Gasteiger partial charge in [-0.25, -0.2) is 12.7 Å². The van der Waals surface area contributed by atoms with Gasteiger partial charge in [0.2, 0.25) is 10.0 Å². The van der Waals surface area contributed by atoms with E-state index in [9.17, 15) is 8.42 Å². The molecule has 22 heavy (non-hydrogen) atoms. The summed E-state index contributed by atoms with van der Waals surface area (Å²) in [7, 11) is -1.22. The Hall–Kier alpha value is -0.170. The average molecular weight is 330 g/mol. The van der Waals surface area contributed by atoms with Crippen LogP contribution in [0.25, 0.3) is 0 Å². The Balaban J connectivity index is 1.65. The zero-order valence-electron chi connectivity index (χ0n) is 14.1. The lowest BCUT2D eigenvalue weighted by Gasteiger charge is -2.39. The fourth-order valence-corrected chi connectivity index (χ4v) is 6.15. The van der Waals surface area contributed by atoms with Gasteiger partial charge in [-0.3, -0.25) is 4.90 Å². The van der Waals surface area contributed by atoms with E-state index in [2.05, 4.69) is 18.7 Å². The summed E-state index contributed by atoms with van der Waals surface area (Å²) < 4.78 is 31.9. The van der Waals surface area contributed by atoms with Crippen molar-refractivity contribution in [3.8, 4) is 0 Å². The van der Waals surface area contributed by atoms with E-state index < -0.39 is 10.0 Å². The summed E-state index contributed by atoms with van der Waals surface area (Å²) in [6, 6.07) is 1.00. The molecule has 3 fully saturated rings. The van der Waals surface area contributed by atoms with Crippen LogP contribution in [0.15, 0.2) is 0 Å². The molecule has 0 amide bonds. The first-order valence-electron chi connectivity index (χ1n) is 8.62. The molecule has 2 aliphatic heterocycles. The fourth-order valence-electron chi connectivity index (χ4n) is 4.30. The molecule has 1 atom stereocenters. The van der Waals surface area contributed by atoms with Crippen molar-refractivity contribution < 1.29 is 13.2 Å². The van der Waals surface area contributed by atoms with Gasteiger partial charge < -0.3 is 4.74 Å². The number of likely N-dealkylation sites (tertiary alicyclic amines) is 1. The Morgan fingerprint density at radius 3 is 2.36 bits per heavy atom. The standard InChI is InChI=1S/C16H30N2O3S/c1-13(2)18-12-16(10-14(18)11-21-3)6-8-17(9-7-16)22(19,20)15-4-5-15/h13-15H,4-12H2,1-3H3. The highest BCUT2D eigenvalue weighted by Gasteiger charge is 2.49. The minimum absolute atomic E-state index is 0.0708. The van der Waals surface area contributed by atoms with Gasteiger partial charge in [0.05, 0.1) is 11.9 Å². The van der Waals surface area contributed by atoms with Gasteiger partial charge in [0.25, 0.3) is 0 Å². The van der Waals surface area contributed by atoms with Gasteiger partial charge >= 0.3 is 0 Å². The number of hydrogen-bond acceptors (Lipinski definition) is 4. The van der Waals surface area contributed by atoms with Crippen molar-refractivity contribution in [3.05, 3.63) is 0 Å². The summed E-state index contributed by atoms with van der Waals surface area (Å²) in [5.74, 6) is 0. The monoisotopic (exact) mass is 330 g/mol. The molecule has 0 aromatic rings. The van der Waals surface area contributed by atoms with Crippen molar-refractivity contribution in [1.29, 1.82) is 0 Å². The molecule has 6 heteroatoms. The van der Waals surface area contributed by atoms with Crippen LogP contribution in [0.4, 0.5) is 0 Å². The van der Waals surface area contributed by atoms with Gasteiger partial charge in [-0.1, -0.05) is 0 Å². The third kappa shape index (κ3) is 3.07. The first kappa shape index (κ1) is 16.7. The van der Waals surface area contributed by atoms with Crippen LogP contribution in [0.5, 0.6) is 0 Å². The van der Waals surface area contributed by atoms with Gasteiger partial charge in [-0.15, -0.1) is 0 Å². The lowest BCUT2D eigenvalue weighted by molar-refractivity contribution is 0.0969. The molecule has 0 radical (unpaired) electrons. The molecule has 1 spiro atoms. The van der Waals surface area contributed by atoms with E-state index in [4.69, 9.17) is 4.74 Å². The molecular formula is C16H30N2O3S. The number of nitrogens with zero attached hydrogens (tertiary/aromatic N) is 2. The minimum Gasteiger partial charge on any atom is -0.383 e. The third-order valence-corrected chi connectivity index (χ3v) is 8.17. The van der Waals surface area contributed by atoms with Gasteiger partial charge in [-0.2, -0.15) is 0 Å². The largest absolute Gasteiger partial charge is 0.383 e. The summed E-state index contributed by atoms with van der Waals surface area (Å²) in [5.41, 5.74) is 0.295. The molecule has 0 aromatic carbocycles. The van der Waals surface area contributed by atoms with Crippen molar-refractivity contribution in [2.45, 2.75) is 63.3 Å². The smallest absolute Gasteiger partial charge is 0.216 e. The number of sulfonamides is 1.